The molecule has 2 aromatic carbocycles. The van der Waals surface area contributed by atoms with E-state index in [-0.39, 0.29) is 17.4 Å². The second-order valence-electron chi connectivity index (χ2n) is 9.95. The lowest BCUT2D eigenvalue weighted by molar-refractivity contribution is 0.108. The number of hydrogen-bond acceptors (Lipinski definition) is 5. The van der Waals surface area contributed by atoms with Crippen molar-refractivity contribution in [2.24, 2.45) is 0 Å². The molecule has 0 saturated heterocycles. The summed E-state index contributed by atoms with van der Waals surface area (Å²) < 4.78 is 15.3. The molecule has 1 aliphatic carbocycles. The van der Waals surface area contributed by atoms with Crippen LogP contribution in [-0.4, -0.2) is 36.1 Å². The van der Waals surface area contributed by atoms with E-state index in [2.05, 4.69) is 45.3 Å². The molecule has 36 heavy (non-hydrogen) atoms. The van der Waals surface area contributed by atoms with Gasteiger partial charge in [0.05, 0.1) is 12.6 Å². The largest absolute Gasteiger partial charge is 0.322 e. The van der Waals surface area contributed by atoms with Gasteiger partial charge >= 0.3 is 0 Å². The number of nitrogens with zero attached hydrogens (tertiary/aromatic N) is 5. The summed E-state index contributed by atoms with van der Waals surface area (Å²) in [5, 5.41) is 13.8. The summed E-state index contributed by atoms with van der Waals surface area (Å²) in [6.07, 6.45) is 6.42. The second kappa shape index (κ2) is 10.7. The van der Waals surface area contributed by atoms with E-state index < -0.39 is 0 Å². The third kappa shape index (κ3) is 5.23. The predicted molar refractivity (Wildman–Crippen MR) is 138 cm³/mol. The summed E-state index contributed by atoms with van der Waals surface area (Å²) in [5.41, 5.74) is 3.68. The van der Waals surface area contributed by atoms with E-state index in [1.807, 2.05) is 22.9 Å². The van der Waals surface area contributed by atoms with E-state index in [4.69, 9.17) is 0 Å². The molecule has 188 valence electrons. The Balaban J connectivity index is 1.51. The monoisotopic (exact) mass is 488 g/mol. The molecule has 1 atom stereocenters. The Kier molecular flexibility index (Phi) is 7.23. The van der Waals surface area contributed by atoms with Crippen LogP contribution >= 0.6 is 0 Å². The van der Waals surface area contributed by atoms with Crippen molar-refractivity contribution >= 4 is 10.9 Å². The first kappa shape index (κ1) is 24.3. The number of nitrogens with one attached hydrogen (secondary N) is 1. The molecule has 0 amide bonds. The molecule has 7 nitrogen and oxygen atoms in total. The van der Waals surface area contributed by atoms with Gasteiger partial charge in [0.15, 0.2) is 5.82 Å². The van der Waals surface area contributed by atoms with Gasteiger partial charge in [-0.3, -0.25) is 9.69 Å². The number of tetrazole rings is 1. The smallest absolute Gasteiger partial charge is 0.252 e. The van der Waals surface area contributed by atoms with E-state index >= 15 is 0 Å². The summed E-state index contributed by atoms with van der Waals surface area (Å²) >= 11 is 0. The number of rotatable bonds is 9. The van der Waals surface area contributed by atoms with Gasteiger partial charge in [-0.25, -0.2) is 9.07 Å². The minimum absolute atomic E-state index is 0.0267. The first-order chi connectivity index (χ1) is 17.5. The normalized spacial score (nSPS) is 15.2. The van der Waals surface area contributed by atoms with Crippen molar-refractivity contribution in [3.63, 3.8) is 0 Å². The van der Waals surface area contributed by atoms with Crippen molar-refractivity contribution in [1.82, 2.24) is 30.1 Å². The fourth-order valence-electron chi connectivity index (χ4n) is 5.46. The lowest BCUT2D eigenvalue weighted by Gasteiger charge is -2.35. The zero-order valence-corrected chi connectivity index (χ0v) is 21.0. The molecule has 2 aromatic heterocycles. The fraction of sp³-hybridized carbons (Fsp3) is 0.429. The number of aromatic amines is 1. The Morgan fingerprint density at radius 3 is 2.67 bits per heavy atom. The van der Waals surface area contributed by atoms with Crippen LogP contribution in [0.5, 0.6) is 0 Å². The molecular weight excluding hydrogens is 455 g/mol. The molecule has 5 rings (SSSR count). The molecule has 1 aliphatic rings. The molecular formula is C28H33FN6O. The average Bonchev–Trinajstić information content (AvgIpc) is 3.56. The molecule has 8 heteroatoms. The molecule has 1 fully saturated rings. The van der Waals surface area contributed by atoms with Crippen molar-refractivity contribution in [2.45, 2.75) is 77.5 Å². The summed E-state index contributed by atoms with van der Waals surface area (Å²) in [7, 11) is 0. The summed E-state index contributed by atoms with van der Waals surface area (Å²) in [6.45, 7) is 5.24. The Bertz CT molecular complexity index is 1370. The highest BCUT2D eigenvalue weighted by molar-refractivity contribution is 5.79. The number of halogens is 1. The molecule has 0 aliphatic heterocycles. The van der Waals surface area contributed by atoms with Crippen LogP contribution in [0.2, 0.25) is 0 Å². The van der Waals surface area contributed by atoms with Crippen molar-refractivity contribution in [3.05, 3.63) is 87.2 Å². The van der Waals surface area contributed by atoms with E-state index in [0.717, 1.165) is 59.1 Å². The number of aryl methyl sites for hydroxylation is 1. The topological polar surface area (TPSA) is 79.7 Å². The standard InChI is InChI=1S/C28H33FN6O/c1-3-6-26(27-31-32-33-35(27)17-20-10-12-23(29)13-11-20)34(24-7-4-5-8-24)18-22-16-21-15-19(2)9-14-25(21)30-28(22)36/h9-16,24,26H,3-8,17-18H2,1-2H3,(H,30,36)/t26-/m1/s1. The zero-order valence-electron chi connectivity index (χ0n) is 21.0. The SMILES string of the molecule is CCC[C@H](c1nnnn1Cc1ccc(F)cc1)N(Cc1cc2cc(C)ccc2[nH]c1=O)C1CCCC1. The maximum absolute atomic E-state index is 13.4. The zero-order chi connectivity index (χ0) is 25.1. The van der Waals surface area contributed by atoms with E-state index in [1.54, 1.807) is 12.1 Å². The highest BCUT2D eigenvalue weighted by Crippen LogP contribution is 2.34. The van der Waals surface area contributed by atoms with E-state index in [0.29, 0.717) is 19.1 Å². The molecule has 1 saturated carbocycles. The van der Waals surface area contributed by atoms with Gasteiger partial charge in [-0.2, -0.15) is 0 Å². The van der Waals surface area contributed by atoms with Crippen molar-refractivity contribution < 1.29 is 4.39 Å². The highest BCUT2D eigenvalue weighted by atomic mass is 19.1. The summed E-state index contributed by atoms with van der Waals surface area (Å²) in [5.74, 6) is 0.531. The van der Waals surface area contributed by atoms with E-state index in [9.17, 15) is 9.18 Å². The van der Waals surface area contributed by atoms with Crippen LogP contribution in [0.25, 0.3) is 10.9 Å². The van der Waals surface area contributed by atoms with Gasteiger partial charge in [-0.15, -0.1) is 5.10 Å². The maximum Gasteiger partial charge on any atom is 0.252 e. The third-order valence-corrected chi connectivity index (χ3v) is 7.29. The van der Waals surface area contributed by atoms with Crippen LogP contribution in [0.15, 0.2) is 53.3 Å². The average molecular weight is 489 g/mol. The molecule has 4 aromatic rings. The van der Waals surface area contributed by atoms with Gasteiger partial charge in [0.2, 0.25) is 0 Å². The van der Waals surface area contributed by atoms with Crippen LogP contribution in [0, 0.1) is 12.7 Å². The van der Waals surface area contributed by atoms with Crippen molar-refractivity contribution in [3.8, 4) is 0 Å². The van der Waals surface area contributed by atoms with Crippen molar-refractivity contribution in [2.75, 3.05) is 0 Å². The fourth-order valence-corrected chi connectivity index (χ4v) is 5.46. The Labute approximate surface area is 210 Å². The van der Waals surface area contributed by atoms with Crippen molar-refractivity contribution in [1.29, 1.82) is 0 Å². The van der Waals surface area contributed by atoms with E-state index in [1.165, 1.54) is 25.0 Å². The van der Waals surface area contributed by atoms with Gasteiger partial charge in [0.1, 0.15) is 5.82 Å². The number of aromatic nitrogens is 5. The number of pyridine rings is 1. The van der Waals surface area contributed by atoms with Gasteiger partial charge in [-0.05, 0) is 77.9 Å². The Morgan fingerprint density at radius 2 is 1.92 bits per heavy atom. The molecule has 0 bridgehead atoms. The number of benzene rings is 2. The Morgan fingerprint density at radius 1 is 1.14 bits per heavy atom. The lowest BCUT2D eigenvalue weighted by Crippen LogP contribution is -2.39. The van der Waals surface area contributed by atoms with Crippen LogP contribution in [0.1, 0.15) is 74.0 Å². The second-order valence-corrected chi connectivity index (χ2v) is 9.95. The third-order valence-electron chi connectivity index (χ3n) is 7.29. The molecule has 2 heterocycles. The van der Waals surface area contributed by atoms with Crippen LogP contribution in [-0.2, 0) is 13.1 Å². The quantitative estimate of drug-likeness (QED) is 0.346. The Hall–Kier alpha value is -3.39. The minimum atomic E-state index is -0.261. The van der Waals surface area contributed by atoms with Gasteiger partial charge in [0.25, 0.3) is 5.56 Å². The van der Waals surface area contributed by atoms with Crippen LogP contribution in [0.4, 0.5) is 4.39 Å². The van der Waals surface area contributed by atoms with Gasteiger partial charge < -0.3 is 4.98 Å². The first-order valence-corrected chi connectivity index (χ1v) is 12.9. The molecule has 0 unspecified atom stereocenters. The highest BCUT2D eigenvalue weighted by Gasteiger charge is 2.33. The van der Waals surface area contributed by atoms with Crippen LogP contribution in [0.3, 0.4) is 0 Å². The first-order valence-electron chi connectivity index (χ1n) is 12.9. The lowest BCUT2D eigenvalue weighted by atomic mass is 10.0. The summed E-state index contributed by atoms with van der Waals surface area (Å²) in [4.78, 5) is 18.6. The minimum Gasteiger partial charge on any atom is -0.322 e. The molecule has 1 N–H and O–H groups in total. The van der Waals surface area contributed by atoms with Gasteiger partial charge in [0, 0.05) is 23.7 Å². The van der Waals surface area contributed by atoms with Crippen LogP contribution < -0.4 is 5.56 Å². The number of H-pyrrole nitrogens is 1. The van der Waals surface area contributed by atoms with Gasteiger partial charge in [-0.1, -0.05) is 49.9 Å². The molecule has 0 spiro atoms. The number of fused-ring (bicyclic) bond motifs is 1. The maximum atomic E-state index is 13.4. The molecule has 0 radical (unpaired) electrons. The number of hydrogen-bond donors (Lipinski definition) is 1. The predicted octanol–water partition coefficient (Wildman–Crippen LogP) is 5.30. The summed E-state index contributed by atoms with van der Waals surface area (Å²) in [6, 6.07) is 14.9.